The van der Waals surface area contributed by atoms with Crippen LogP contribution < -0.4 is 5.73 Å². The van der Waals surface area contributed by atoms with E-state index >= 15 is 0 Å². The molecule has 5 heteroatoms. The molecule has 1 aliphatic rings. The molecule has 84 valence electrons. The normalized spacial score (nSPS) is 17.9. The van der Waals surface area contributed by atoms with Gasteiger partial charge in [0.15, 0.2) is 0 Å². The summed E-state index contributed by atoms with van der Waals surface area (Å²) in [4.78, 5) is 4.32. The second-order valence-electron chi connectivity index (χ2n) is 4.00. The van der Waals surface area contributed by atoms with Crippen molar-refractivity contribution >= 4 is 0 Å². The molecule has 15 heavy (non-hydrogen) atoms. The van der Waals surface area contributed by atoms with Crippen LogP contribution in [-0.4, -0.2) is 22.0 Å². The second kappa shape index (κ2) is 4.26. The molecular formula is C10H15F2N3. The zero-order valence-electron chi connectivity index (χ0n) is 8.50. The molecule has 0 bridgehead atoms. The summed E-state index contributed by atoms with van der Waals surface area (Å²) in [5, 5.41) is 0. The fraction of sp³-hybridized carbons (Fsp3) is 0.700. The van der Waals surface area contributed by atoms with E-state index in [-0.39, 0.29) is 6.42 Å². The number of halogens is 2. The van der Waals surface area contributed by atoms with Gasteiger partial charge in [0.1, 0.15) is 5.82 Å². The minimum Gasteiger partial charge on any atom is -0.335 e. The number of aromatic nitrogens is 2. The van der Waals surface area contributed by atoms with Crippen LogP contribution in [0.1, 0.15) is 24.4 Å². The summed E-state index contributed by atoms with van der Waals surface area (Å²) in [6.07, 6.45) is 2.78. The predicted octanol–water partition coefficient (Wildman–Crippen LogP) is 1.35. The van der Waals surface area contributed by atoms with E-state index in [1.54, 1.807) is 0 Å². The number of rotatable bonds is 3. The van der Waals surface area contributed by atoms with Gasteiger partial charge in [-0.2, -0.15) is 0 Å². The van der Waals surface area contributed by atoms with Crippen molar-refractivity contribution in [1.29, 1.82) is 0 Å². The largest absolute Gasteiger partial charge is 0.335 e. The topological polar surface area (TPSA) is 43.8 Å². The highest BCUT2D eigenvalue weighted by molar-refractivity contribution is 5.07. The van der Waals surface area contributed by atoms with Crippen molar-refractivity contribution in [3.8, 4) is 0 Å². The van der Waals surface area contributed by atoms with Crippen molar-refractivity contribution in [2.75, 3.05) is 0 Å². The van der Waals surface area contributed by atoms with E-state index in [2.05, 4.69) is 9.55 Å². The first kappa shape index (κ1) is 10.5. The van der Waals surface area contributed by atoms with Crippen LogP contribution in [0.4, 0.5) is 8.78 Å². The summed E-state index contributed by atoms with van der Waals surface area (Å²) < 4.78 is 26.5. The maximum Gasteiger partial charge on any atom is 0.253 e. The summed E-state index contributed by atoms with van der Waals surface area (Å²) in [6.45, 7) is 0.951. The van der Waals surface area contributed by atoms with Crippen LogP contribution in [0, 0.1) is 0 Å². The molecule has 2 heterocycles. The van der Waals surface area contributed by atoms with Gasteiger partial charge in [-0.15, -0.1) is 0 Å². The summed E-state index contributed by atoms with van der Waals surface area (Å²) in [5.41, 5.74) is 6.00. The maximum atomic E-state index is 12.2. The van der Waals surface area contributed by atoms with E-state index in [0.29, 0.717) is 5.69 Å². The fourth-order valence-corrected chi connectivity index (χ4v) is 1.90. The average Bonchev–Trinajstić information content (AvgIpc) is 2.59. The Hall–Kier alpha value is -0.970. The SMILES string of the molecule is NC(Cc1cn2c(n1)CCCC2)C(F)F. The lowest BCUT2D eigenvalue weighted by Gasteiger charge is -2.11. The zero-order chi connectivity index (χ0) is 10.8. The Kier molecular flexibility index (Phi) is 3.00. The minimum atomic E-state index is -2.47. The van der Waals surface area contributed by atoms with Gasteiger partial charge in [0, 0.05) is 25.6 Å². The van der Waals surface area contributed by atoms with Crippen LogP contribution in [0.2, 0.25) is 0 Å². The van der Waals surface area contributed by atoms with E-state index in [1.807, 2.05) is 6.20 Å². The first-order valence-corrected chi connectivity index (χ1v) is 5.25. The van der Waals surface area contributed by atoms with Gasteiger partial charge in [-0.3, -0.25) is 0 Å². The van der Waals surface area contributed by atoms with Crippen LogP contribution in [0.3, 0.4) is 0 Å². The van der Waals surface area contributed by atoms with Crippen molar-refractivity contribution in [3.05, 3.63) is 17.7 Å². The highest BCUT2D eigenvalue weighted by atomic mass is 19.3. The van der Waals surface area contributed by atoms with Crippen LogP contribution in [0.15, 0.2) is 6.20 Å². The molecular weight excluding hydrogens is 200 g/mol. The molecule has 1 aliphatic heterocycles. The summed E-state index contributed by atoms with van der Waals surface area (Å²) in [6, 6.07) is -1.10. The molecule has 0 saturated heterocycles. The Balaban J connectivity index is 2.06. The lowest BCUT2D eigenvalue weighted by atomic mass is 10.2. The van der Waals surface area contributed by atoms with Crippen LogP contribution in [0.5, 0.6) is 0 Å². The van der Waals surface area contributed by atoms with Gasteiger partial charge in [-0.1, -0.05) is 0 Å². The monoisotopic (exact) mass is 215 g/mol. The van der Waals surface area contributed by atoms with Crippen LogP contribution in [-0.2, 0) is 19.4 Å². The number of nitrogens with two attached hydrogens (primary N) is 1. The standard InChI is InChI=1S/C10H15F2N3/c11-10(12)8(13)5-7-6-15-4-2-1-3-9(15)14-7/h6,8,10H,1-5,13H2. The van der Waals surface area contributed by atoms with Gasteiger partial charge >= 0.3 is 0 Å². The quantitative estimate of drug-likeness (QED) is 0.827. The van der Waals surface area contributed by atoms with Gasteiger partial charge in [-0.05, 0) is 12.8 Å². The molecule has 0 spiro atoms. The van der Waals surface area contributed by atoms with E-state index < -0.39 is 12.5 Å². The third-order valence-electron chi connectivity index (χ3n) is 2.73. The predicted molar refractivity (Wildman–Crippen MR) is 52.8 cm³/mol. The molecule has 0 amide bonds. The number of alkyl halides is 2. The van der Waals surface area contributed by atoms with Crippen LogP contribution in [0.25, 0.3) is 0 Å². The summed E-state index contributed by atoms with van der Waals surface area (Å²) in [7, 11) is 0. The Morgan fingerprint density at radius 2 is 2.27 bits per heavy atom. The first-order valence-electron chi connectivity index (χ1n) is 5.25. The lowest BCUT2D eigenvalue weighted by Crippen LogP contribution is -2.31. The molecule has 3 nitrogen and oxygen atoms in total. The molecule has 0 aliphatic carbocycles. The van der Waals surface area contributed by atoms with Crippen molar-refractivity contribution < 1.29 is 8.78 Å². The molecule has 1 aromatic heterocycles. The molecule has 1 unspecified atom stereocenters. The number of nitrogens with zero attached hydrogens (tertiary/aromatic N) is 2. The van der Waals surface area contributed by atoms with Crippen molar-refractivity contribution in [1.82, 2.24) is 9.55 Å². The maximum absolute atomic E-state index is 12.2. The van der Waals surface area contributed by atoms with Gasteiger partial charge in [0.25, 0.3) is 6.43 Å². The molecule has 0 fully saturated rings. The van der Waals surface area contributed by atoms with Gasteiger partial charge in [-0.25, -0.2) is 13.8 Å². The molecule has 0 radical (unpaired) electrons. The third-order valence-corrected chi connectivity index (χ3v) is 2.73. The van der Waals surface area contributed by atoms with E-state index in [1.165, 1.54) is 0 Å². The number of aryl methyl sites for hydroxylation is 2. The van der Waals surface area contributed by atoms with Crippen molar-refractivity contribution in [3.63, 3.8) is 0 Å². The molecule has 1 aromatic rings. The van der Waals surface area contributed by atoms with Gasteiger partial charge in [0.2, 0.25) is 0 Å². The highest BCUT2D eigenvalue weighted by Crippen LogP contribution is 2.16. The Labute approximate surface area is 87.3 Å². The Morgan fingerprint density at radius 3 is 2.93 bits per heavy atom. The molecule has 0 aromatic carbocycles. The second-order valence-corrected chi connectivity index (χ2v) is 4.00. The Bertz CT molecular complexity index is 312. The van der Waals surface area contributed by atoms with Crippen molar-refractivity contribution in [2.24, 2.45) is 5.73 Å². The number of hydrogen-bond donors (Lipinski definition) is 1. The number of imidazole rings is 1. The lowest BCUT2D eigenvalue weighted by molar-refractivity contribution is 0.115. The molecule has 0 saturated carbocycles. The number of fused-ring (bicyclic) bond motifs is 1. The third kappa shape index (κ3) is 2.34. The average molecular weight is 215 g/mol. The number of hydrogen-bond acceptors (Lipinski definition) is 2. The molecule has 2 N–H and O–H groups in total. The summed E-state index contributed by atoms with van der Waals surface area (Å²) >= 11 is 0. The van der Waals surface area contributed by atoms with Gasteiger partial charge in [0.05, 0.1) is 11.7 Å². The van der Waals surface area contributed by atoms with E-state index in [4.69, 9.17) is 5.73 Å². The van der Waals surface area contributed by atoms with Crippen LogP contribution >= 0.6 is 0 Å². The first-order chi connectivity index (χ1) is 7.16. The fourth-order valence-electron chi connectivity index (χ4n) is 1.90. The smallest absolute Gasteiger partial charge is 0.253 e. The van der Waals surface area contributed by atoms with Crippen molar-refractivity contribution in [2.45, 2.75) is 44.7 Å². The molecule has 1 atom stereocenters. The molecule has 2 rings (SSSR count). The van der Waals surface area contributed by atoms with E-state index in [9.17, 15) is 8.78 Å². The minimum absolute atomic E-state index is 0.164. The summed E-state index contributed by atoms with van der Waals surface area (Å²) in [5.74, 6) is 1.01. The zero-order valence-corrected chi connectivity index (χ0v) is 8.50. The Morgan fingerprint density at radius 1 is 1.47 bits per heavy atom. The van der Waals surface area contributed by atoms with E-state index in [0.717, 1.165) is 31.6 Å². The van der Waals surface area contributed by atoms with Gasteiger partial charge < -0.3 is 10.3 Å². The highest BCUT2D eigenvalue weighted by Gasteiger charge is 2.19.